The molecule has 0 aliphatic carbocycles. The lowest BCUT2D eigenvalue weighted by Crippen LogP contribution is -2.41. The van der Waals surface area contributed by atoms with E-state index < -0.39 is 12.0 Å². The summed E-state index contributed by atoms with van der Waals surface area (Å²) in [5.74, 6) is -1.24. The summed E-state index contributed by atoms with van der Waals surface area (Å²) in [6.07, 6.45) is 3.38. The fourth-order valence-electron chi connectivity index (χ4n) is 2.32. The maximum Gasteiger partial charge on any atom is 0.326 e. The molecular weight excluding hydrogens is 296 g/mol. The van der Waals surface area contributed by atoms with Crippen molar-refractivity contribution in [2.75, 3.05) is 0 Å². The fraction of sp³-hybridized carbons (Fsp3) is 0.375. The minimum Gasteiger partial charge on any atom is -0.480 e. The van der Waals surface area contributed by atoms with Crippen LogP contribution in [0.15, 0.2) is 30.9 Å². The number of aliphatic carboxylic acids is 1. The molecule has 0 aliphatic heterocycles. The molecule has 0 saturated heterocycles. The standard InChI is InChI=1S/C16H20N4O3/c1-10(2)6-14(16(22)23)19-15(21)13-5-4-12(7-11(13)3)20-9-17-8-18-20/h4-5,7-10,14H,6H2,1-3H3,(H,19,21)(H,22,23). The normalized spacial score (nSPS) is 12.2. The lowest BCUT2D eigenvalue weighted by atomic mass is 10.0. The van der Waals surface area contributed by atoms with E-state index in [1.807, 2.05) is 19.9 Å². The minimum absolute atomic E-state index is 0.173. The number of aryl methyl sites for hydroxylation is 1. The topological polar surface area (TPSA) is 97.1 Å². The number of aromatic nitrogens is 3. The van der Waals surface area contributed by atoms with E-state index in [0.717, 1.165) is 11.3 Å². The number of amides is 1. The largest absolute Gasteiger partial charge is 0.480 e. The third-order valence-corrected chi connectivity index (χ3v) is 3.45. The van der Waals surface area contributed by atoms with E-state index in [-0.39, 0.29) is 11.8 Å². The van der Waals surface area contributed by atoms with Gasteiger partial charge in [0.25, 0.3) is 5.91 Å². The number of nitrogens with one attached hydrogen (secondary N) is 1. The second-order valence-electron chi connectivity index (χ2n) is 5.83. The SMILES string of the molecule is Cc1cc(-n2cncn2)ccc1C(=O)NC(CC(C)C)C(=O)O. The first-order valence-electron chi connectivity index (χ1n) is 7.37. The molecule has 2 aromatic rings. The molecule has 0 spiro atoms. The van der Waals surface area contributed by atoms with Gasteiger partial charge < -0.3 is 10.4 Å². The molecule has 2 N–H and O–H groups in total. The summed E-state index contributed by atoms with van der Waals surface area (Å²) < 4.78 is 1.59. The van der Waals surface area contributed by atoms with Crippen molar-refractivity contribution in [3.05, 3.63) is 42.0 Å². The van der Waals surface area contributed by atoms with Gasteiger partial charge in [-0.2, -0.15) is 5.10 Å². The third kappa shape index (κ3) is 4.15. The van der Waals surface area contributed by atoms with Crippen LogP contribution in [0.2, 0.25) is 0 Å². The second kappa shape index (κ2) is 7.04. The van der Waals surface area contributed by atoms with Crippen molar-refractivity contribution >= 4 is 11.9 Å². The first-order valence-corrected chi connectivity index (χ1v) is 7.37. The van der Waals surface area contributed by atoms with Gasteiger partial charge in [0.2, 0.25) is 0 Å². The van der Waals surface area contributed by atoms with Gasteiger partial charge >= 0.3 is 5.97 Å². The second-order valence-corrected chi connectivity index (χ2v) is 5.83. The molecule has 1 amide bonds. The zero-order chi connectivity index (χ0) is 17.0. The lowest BCUT2D eigenvalue weighted by molar-refractivity contribution is -0.139. The van der Waals surface area contributed by atoms with Gasteiger partial charge in [-0.05, 0) is 43.0 Å². The molecule has 0 radical (unpaired) electrons. The van der Waals surface area contributed by atoms with Crippen LogP contribution in [0.5, 0.6) is 0 Å². The molecule has 1 aromatic carbocycles. The molecule has 1 atom stereocenters. The van der Waals surface area contributed by atoms with Gasteiger partial charge in [0.05, 0.1) is 5.69 Å². The average Bonchev–Trinajstić information content (AvgIpc) is 2.99. The van der Waals surface area contributed by atoms with Gasteiger partial charge in [-0.1, -0.05) is 13.8 Å². The number of carboxylic acids is 1. The summed E-state index contributed by atoms with van der Waals surface area (Å²) in [5, 5.41) is 15.8. The van der Waals surface area contributed by atoms with Crippen LogP contribution in [0.1, 0.15) is 36.2 Å². The molecular formula is C16H20N4O3. The Hall–Kier alpha value is -2.70. The zero-order valence-electron chi connectivity index (χ0n) is 13.4. The minimum atomic E-state index is -1.02. The lowest BCUT2D eigenvalue weighted by Gasteiger charge is -2.17. The van der Waals surface area contributed by atoms with Crippen molar-refractivity contribution in [3.8, 4) is 5.69 Å². The first-order chi connectivity index (χ1) is 10.9. The van der Waals surface area contributed by atoms with Gasteiger partial charge in [0.15, 0.2) is 0 Å². The highest BCUT2D eigenvalue weighted by Crippen LogP contribution is 2.15. The van der Waals surface area contributed by atoms with Crippen molar-refractivity contribution < 1.29 is 14.7 Å². The molecule has 0 saturated carbocycles. The van der Waals surface area contributed by atoms with Crippen LogP contribution >= 0.6 is 0 Å². The highest BCUT2D eigenvalue weighted by Gasteiger charge is 2.22. The highest BCUT2D eigenvalue weighted by atomic mass is 16.4. The van der Waals surface area contributed by atoms with Gasteiger partial charge in [-0.25, -0.2) is 14.5 Å². The van der Waals surface area contributed by atoms with Crippen LogP contribution in [0.4, 0.5) is 0 Å². The van der Waals surface area contributed by atoms with Gasteiger partial charge in [0, 0.05) is 5.56 Å². The van der Waals surface area contributed by atoms with E-state index in [2.05, 4.69) is 15.4 Å². The number of hydrogen-bond donors (Lipinski definition) is 2. The Bertz CT molecular complexity index is 695. The van der Waals surface area contributed by atoms with Crippen LogP contribution < -0.4 is 5.32 Å². The van der Waals surface area contributed by atoms with E-state index in [0.29, 0.717) is 12.0 Å². The molecule has 0 aliphatic rings. The van der Waals surface area contributed by atoms with E-state index in [1.165, 1.54) is 6.33 Å². The maximum atomic E-state index is 12.4. The molecule has 1 unspecified atom stereocenters. The number of carbonyl (C=O) groups is 2. The van der Waals surface area contributed by atoms with Crippen molar-refractivity contribution in [1.29, 1.82) is 0 Å². The molecule has 0 fully saturated rings. The number of nitrogens with zero attached hydrogens (tertiary/aromatic N) is 3. The Morgan fingerprint density at radius 2 is 2.09 bits per heavy atom. The molecule has 1 heterocycles. The van der Waals surface area contributed by atoms with Crippen LogP contribution in [0.25, 0.3) is 5.69 Å². The molecule has 0 bridgehead atoms. The molecule has 23 heavy (non-hydrogen) atoms. The van der Waals surface area contributed by atoms with Crippen molar-refractivity contribution in [1.82, 2.24) is 20.1 Å². The number of rotatable bonds is 6. The maximum absolute atomic E-state index is 12.4. The number of carbonyl (C=O) groups excluding carboxylic acids is 1. The third-order valence-electron chi connectivity index (χ3n) is 3.45. The van der Waals surface area contributed by atoms with Gasteiger partial charge in [-0.15, -0.1) is 0 Å². The fourth-order valence-corrected chi connectivity index (χ4v) is 2.32. The molecule has 2 rings (SSSR count). The highest BCUT2D eigenvalue weighted by molar-refractivity contribution is 5.98. The van der Waals surface area contributed by atoms with Crippen LogP contribution in [0.3, 0.4) is 0 Å². The number of carboxylic acid groups (broad SMARTS) is 1. The Kier molecular flexibility index (Phi) is 5.10. The van der Waals surface area contributed by atoms with E-state index in [9.17, 15) is 14.7 Å². The molecule has 122 valence electrons. The predicted octanol–water partition coefficient (Wildman–Crippen LogP) is 1.80. The predicted molar refractivity (Wildman–Crippen MR) is 84.4 cm³/mol. The summed E-state index contributed by atoms with van der Waals surface area (Å²) in [4.78, 5) is 27.5. The van der Waals surface area contributed by atoms with Crippen molar-refractivity contribution in [2.45, 2.75) is 33.2 Å². The number of benzene rings is 1. The van der Waals surface area contributed by atoms with Gasteiger partial charge in [0.1, 0.15) is 18.7 Å². The summed E-state index contributed by atoms with van der Waals surface area (Å²) >= 11 is 0. The summed E-state index contributed by atoms with van der Waals surface area (Å²) in [6.45, 7) is 5.63. The average molecular weight is 316 g/mol. The smallest absolute Gasteiger partial charge is 0.326 e. The Balaban J connectivity index is 2.17. The summed E-state index contributed by atoms with van der Waals surface area (Å²) in [7, 11) is 0. The molecule has 1 aromatic heterocycles. The Morgan fingerprint density at radius 1 is 1.35 bits per heavy atom. The van der Waals surface area contributed by atoms with E-state index in [1.54, 1.807) is 30.1 Å². The van der Waals surface area contributed by atoms with Crippen LogP contribution in [0, 0.1) is 12.8 Å². The van der Waals surface area contributed by atoms with E-state index in [4.69, 9.17) is 0 Å². The Labute approximate surface area is 134 Å². The van der Waals surface area contributed by atoms with E-state index >= 15 is 0 Å². The van der Waals surface area contributed by atoms with Crippen LogP contribution in [-0.2, 0) is 4.79 Å². The quantitative estimate of drug-likeness (QED) is 0.847. The monoisotopic (exact) mass is 316 g/mol. The van der Waals surface area contributed by atoms with Gasteiger partial charge in [-0.3, -0.25) is 4.79 Å². The molecule has 7 nitrogen and oxygen atoms in total. The van der Waals surface area contributed by atoms with Crippen LogP contribution in [-0.4, -0.2) is 37.8 Å². The summed E-state index contributed by atoms with van der Waals surface area (Å²) in [6, 6.07) is 4.32. The zero-order valence-corrected chi connectivity index (χ0v) is 13.4. The summed E-state index contributed by atoms with van der Waals surface area (Å²) in [5.41, 5.74) is 1.97. The molecule has 7 heteroatoms. The van der Waals surface area contributed by atoms with Crippen molar-refractivity contribution in [3.63, 3.8) is 0 Å². The van der Waals surface area contributed by atoms with Crippen molar-refractivity contribution in [2.24, 2.45) is 5.92 Å². The number of hydrogen-bond acceptors (Lipinski definition) is 4. The Morgan fingerprint density at radius 3 is 2.61 bits per heavy atom. The first kappa shape index (κ1) is 16.7.